The molecule has 0 unspecified atom stereocenters. The number of para-hydroxylation sites is 1. The van der Waals surface area contributed by atoms with E-state index in [-0.39, 0.29) is 22.2 Å². The zero-order chi connectivity index (χ0) is 29.8. The third kappa shape index (κ3) is 4.84. The van der Waals surface area contributed by atoms with E-state index >= 15 is 0 Å². The average Bonchev–Trinajstić information content (AvgIpc) is 3.24. The molecule has 0 saturated heterocycles. The van der Waals surface area contributed by atoms with Crippen LogP contribution in [0.25, 0.3) is 6.08 Å². The molecule has 1 aromatic heterocycles. The number of carbonyl (C=O) groups is 1. The molecule has 6 rings (SSSR count). The molecular weight excluding hydrogens is 623 g/mol. The standard InChI is InChI=1S/C30H23Cl3N2O6S/c1-30-24(28(37)39-3)25(18-6-4-5-7-22(18)41-30)35-27(36)23(42-29(35)34-30)11-15-8-9-21(38-2)16(10-15)14-40-26-19(32)12-17(31)13-20(26)33/h4-13,24-25H,14H2,1-3H3/b23-11+/t24-,25-,30-/m1/s1. The van der Waals surface area contributed by atoms with Gasteiger partial charge in [-0.25, -0.2) is 4.99 Å². The van der Waals surface area contributed by atoms with Crippen LogP contribution in [0.4, 0.5) is 0 Å². The number of nitrogens with zero attached hydrogens (tertiary/aromatic N) is 2. The first-order valence-electron chi connectivity index (χ1n) is 12.8. The van der Waals surface area contributed by atoms with Crippen LogP contribution >= 0.6 is 46.1 Å². The lowest BCUT2D eigenvalue weighted by atomic mass is 9.81. The maximum absolute atomic E-state index is 13.9. The van der Waals surface area contributed by atoms with Crippen molar-refractivity contribution >= 4 is 58.2 Å². The van der Waals surface area contributed by atoms with E-state index in [1.165, 1.54) is 18.4 Å². The maximum atomic E-state index is 13.9. The number of rotatable bonds is 6. The summed E-state index contributed by atoms with van der Waals surface area (Å²) in [6.07, 6.45) is 1.77. The van der Waals surface area contributed by atoms with Gasteiger partial charge >= 0.3 is 5.97 Å². The molecule has 216 valence electrons. The van der Waals surface area contributed by atoms with Crippen LogP contribution in [0.5, 0.6) is 17.2 Å². The van der Waals surface area contributed by atoms with Gasteiger partial charge in [-0.1, -0.05) is 70.4 Å². The summed E-state index contributed by atoms with van der Waals surface area (Å²) in [5.41, 5.74) is 0.640. The summed E-state index contributed by atoms with van der Waals surface area (Å²) in [5.74, 6) is 0.107. The molecule has 0 spiro atoms. The molecule has 0 saturated carbocycles. The summed E-state index contributed by atoms with van der Waals surface area (Å²) in [5, 5.41) is 0.962. The zero-order valence-electron chi connectivity index (χ0n) is 22.5. The number of fused-ring (bicyclic) bond motifs is 6. The van der Waals surface area contributed by atoms with Crippen molar-refractivity contribution in [3.63, 3.8) is 0 Å². The lowest BCUT2D eigenvalue weighted by Crippen LogP contribution is -2.58. The van der Waals surface area contributed by atoms with Crippen molar-refractivity contribution in [1.29, 1.82) is 0 Å². The van der Waals surface area contributed by atoms with E-state index in [1.807, 2.05) is 36.4 Å². The Bertz CT molecular complexity index is 1900. The van der Waals surface area contributed by atoms with Gasteiger partial charge in [0.15, 0.2) is 10.6 Å². The van der Waals surface area contributed by atoms with Crippen molar-refractivity contribution in [2.24, 2.45) is 10.9 Å². The Kier molecular flexibility index (Phi) is 7.47. The lowest BCUT2D eigenvalue weighted by molar-refractivity contribution is -0.158. The van der Waals surface area contributed by atoms with Gasteiger partial charge in [0.25, 0.3) is 5.56 Å². The summed E-state index contributed by atoms with van der Waals surface area (Å²) in [6.45, 7) is 1.83. The van der Waals surface area contributed by atoms with E-state index in [0.717, 1.165) is 11.1 Å². The normalized spacial score (nSPS) is 20.6. The SMILES string of the molecule is COC(=O)[C@H]1[C@H]2c3ccccc3O[C@@]1(C)N=c1s/c(=C/c3ccc(OC)c(COc4c(Cl)cc(Cl)cc4Cl)c3)c(=O)n12. The number of hydrogen-bond donors (Lipinski definition) is 0. The minimum Gasteiger partial charge on any atom is -0.496 e. The quantitative estimate of drug-likeness (QED) is 0.261. The predicted molar refractivity (Wildman–Crippen MR) is 161 cm³/mol. The topological polar surface area (TPSA) is 88.4 Å². The van der Waals surface area contributed by atoms with Crippen LogP contribution in [0.1, 0.15) is 29.7 Å². The molecule has 0 radical (unpaired) electrons. The smallest absolute Gasteiger partial charge is 0.317 e. The summed E-state index contributed by atoms with van der Waals surface area (Å²) < 4.78 is 24.8. The highest BCUT2D eigenvalue weighted by atomic mass is 35.5. The van der Waals surface area contributed by atoms with Crippen molar-refractivity contribution in [2.45, 2.75) is 25.3 Å². The minimum atomic E-state index is -1.24. The van der Waals surface area contributed by atoms with E-state index in [4.69, 9.17) is 58.7 Å². The van der Waals surface area contributed by atoms with E-state index in [0.29, 0.717) is 37.2 Å². The molecule has 0 amide bonds. The van der Waals surface area contributed by atoms with Gasteiger partial charge in [0, 0.05) is 16.1 Å². The molecule has 2 aliphatic rings. The van der Waals surface area contributed by atoms with Crippen LogP contribution in [0.2, 0.25) is 15.1 Å². The van der Waals surface area contributed by atoms with Crippen LogP contribution in [0, 0.1) is 5.92 Å². The first-order chi connectivity index (χ1) is 20.1. The van der Waals surface area contributed by atoms with Gasteiger partial charge in [-0.05, 0) is 48.9 Å². The number of thiazole rings is 1. The van der Waals surface area contributed by atoms with Gasteiger partial charge < -0.3 is 18.9 Å². The van der Waals surface area contributed by atoms with Gasteiger partial charge in [-0.3, -0.25) is 14.2 Å². The molecule has 12 heteroatoms. The summed E-state index contributed by atoms with van der Waals surface area (Å²) in [6, 6.07) is 15.3. The second kappa shape index (κ2) is 11.0. The number of ether oxygens (including phenoxy) is 4. The molecule has 8 nitrogen and oxygen atoms in total. The molecule has 2 aliphatic heterocycles. The average molecular weight is 646 g/mol. The monoisotopic (exact) mass is 644 g/mol. The van der Waals surface area contributed by atoms with Crippen molar-refractivity contribution in [3.05, 3.63) is 106 Å². The number of benzene rings is 3. The van der Waals surface area contributed by atoms with E-state index in [2.05, 4.69) is 0 Å². The molecule has 0 aliphatic carbocycles. The molecule has 0 N–H and O–H groups in total. The van der Waals surface area contributed by atoms with Gasteiger partial charge in [-0.15, -0.1) is 0 Å². The number of methoxy groups -OCH3 is 2. The van der Waals surface area contributed by atoms with E-state index < -0.39 is 23.7 Å². The van der Waals surface area contributed by atoms with E-state index in [9.17, 15) is 9.59 Å². The second-order valence-corrected chi connectivity index (χ2v) is 12.1. The molecular formula is C30H23Cl3N2O6S. The van der Waals surface area contributed by atoms with Crippen molar-refractivity contribution in [1.82, 2.24) is 4.57 Å². The lowest BCUT2D eigenvalue weighted by Gasteiger charge is -2.44. The van der Waals surface area contributed by atoms with Crippen molar-refractivity contribution < 1.29 is 23.7 Å². The van der Waals surface area contributed by atoms with Gasteiger partial charge in [-0.2, -0.15) is 0 Å². The Labute approximate surface area is 259 Å². The van der Waals surface area contributed by atoms with Crippen LogP contribution in [0.3, 0.4) is 0 Å². The Morgan fingerprint density at radius 2 is 1.86 bits per heavy atom. The number of esters is 1. The third-order valence-electron chi connectivity index (χ3n) is 7.27. The molecule has 3 atom stereocenters. The van der Waals surface area contributed by atoms with Gasteiger partial charge in [0.2, 0.25) is 5.72 Å². The molecule has 3 heterocycles. The fourth-order valence-corrected chi connectivity index (χ4v) is 7.43. The Hall–Kier alpha value is -3.50. The third-order valence-corrected chi connectivity index (χ3v) is 9.03. The minimum absolute atomic E-state index is 0.0938. The maximum Gasteiger partial charge on any atom is 0.317 e. The Morgan fingerprint density at radius 3 is 2.57 bits per heavy atom. The summed E-state index contributed by atoms with van der Waals surface area (Å²) in [7, 11) is 2.88. The van der Waals surface area contributed by atoms with Crippen molar-refractivity contribution in [3.8, 4) is 17.2 Å². The number of halogens is 3. The van der Waals surface area contributed by atoms with E-state index in [1.54, 1.807) is 42.9 Å². The second-order valence-electron chi connectivity index (χ2n) is 9.88. The largest absolute Gasteiger partial charge is 0.496 e. The van der Waals surface area contributed by atoms with Crippen molar-refractivity contribution in [2.75, 3.05) is 14.2 Å². The highest BCUT2D eigenvalue weighted by Gasteiger charge is 2.55. The highest BCUT2D eigenvalue weighted by Crippen LogP contribution is 2.47. The summed E-state index contributed by atoms with van der Waals surface area (Å²) in [4.78, 5) is 32.1. The van der Waals surface area contributed by atoms with Gasteiger partial charge in [0.05, 0.1) is 34.8 Å². The Balaban J connectivity index is 1.43. The number of aromatic nitrogens is 1. The fourth-order valence-electron chi connectivity index (χ4n) is 5.40. The molecule has 2 bridgehead atoms. The Morgan fingerprint density at radius 1 is 1.12 bits per heavy atom. The first-order valence-corrected chi connectivity index (χ1v) is 14.7. The van der Waals surface area contributed by atoms with Crippen LogP contribution in [0.15, 0.2) is 64.4 Å². The zero-order valence-corrected chi connectivity index (χ0v) is 25.6. The molecule has 3 aromatic carbocycles. The summed E-state index contributed by atoms with van der Waals surface area (Å²) >= 11 is 19.8. The van der Waals surface area contributed by atoms with Gasteiger partial charge in [0.1, 0.15) is 24.0 Å². The fraction of sp³-hybridized carbons (Fsp3) is 0.233. The molecule has 42 heavy (non-hydrogen) atoms. The number of carbonyl (C=O) groups excluding carboxylic acids is 1. The highest BCUT2D eigenvalue weighted by molar-refractivity contribution is 7.07. The number of hydrogen-bond acceptors (Lipinski definition) is 8. The molecule has 4 aromatic rings. The predicted octanol–water partition coefficient (Wildman–Crippen LogP) is 5.41. The first kappa shape index (κ1) is 28.6. The van der Waals surface area contributed by atoms with Crippen LogP contribution in [-0.4, -0.2) is 30.5 Å². The van der Waals surface area contributed by atoms with Crippen LogP contribution in [-0.2, 0) is 16.1 Å². The van der Waals surface area contributed by atoms with Crippen LogP contribution < -0.4 is 29.1 Å². The molecule has 0 fully saturated rings.